The molecule has 0 spiro atoms. The third-order valence-corrected chi connectivity index (χ3v) is 6.05. The highest BCUT2D eigenvalue weighted by atomic mass is 16.5. The van der Waals surface area contributed by atoms with E-state index in [-0.39, 0.29) is 11.3 Å². The van der Waals surface area contributed by atoms with Crippen molar-refractivity contribution in [3.63, 3.8) is 0 Å². The molecule has 3 rings (SSSR count). The maximum absolute atomic E-state index is 11.9. The summed E-state index contributed by atoms with van der Waals surface area (Å²) in [5.41, 5.74) is 2.02. The molecule has 0 heterocycles. The molecule has 3 atom stereocenters. The zero-order chi connectivity index (χ0) is 15.3. The number of fused-ring (bicyclic) bond motifs is 3. The highest BCUT2D eigenvalue weighted by molar-refractivity contribution is 5.75. The summed E-state index contributed by atoms with van der Waals surface area (Å²) in [7, 11) is 1.69. The first-order valence-electron chi connectivity index (χ1n) is 7.82. The molecule has 2 aliphatic carbocycles. The van der Waals surface area contributed by atoms with E-state index < -0.39 is 11.4 Å². The molecule has 0 radical (unpaired) electrons. The maximum Gasteiger partial charge on any atom is 0.309 e. The van der Waals surface area contributed by atoms with Crippen molar-refractivity contribution < 1.29 is 14.6 Å². The summed E-state index contributed by atoms with van der Waals surface area (Å²) < 4.78 is 5.39. The quantitative estimate of drug-likeness (QED) is 0.900. The number of hydrogen-bond acceptors (Lipinski definition) is 2. The molecule has 0 saturated heterocycles. The molecule has 0 bridgehead atoms. The molecule has 1 aromatic carbocycles. The molecule has 3 nitrogen and oxygen atoms in total. The number of hydrogen-bond donors (Lipinski definition) is 1. The van der Waals surface area contributed by atoms with Crippen molar-refractivity contribution in [2.24, 2.45) is 11.3 Å². The van der Waals surface area contributed by atoms with E-state index >= 15 is 0 Å². The van der Waals surface area contributed by atoms with Gasteiger partial charge in [-0.1, -0.05) is 19.4 Å². The SMILES string of the molecule is COc1ccc2c(c1)[C@]1(C)CCC[C@@](C)(C(=O)O)[C@@H]1CC2. The van der Waals surface area contributed by atoms with E-state index in [9.17, 15) is 9.90 Å². The van der Waals surface area contributed by atoms with Crippen LogP contribution in [-0.4, -0.2) is 18.2 Å². The largest absolute Gasteiger partial charge is 0.497 e. The lowest BCUT2D eigenvalue weighted by molar-refractivity contribution is -0.157. The molecule has 1 saturated carbocycles. The van der Waals surface area contributed by atoms with Crippen LogP contribution in [0.1, 0.15) is 50.7 Å². The van der Waals surface area contributed by atoms with E-state index in [0.717, 1.165) is 37.9 Å². The lowest BCUT2D eigenvalue weighted by Crippen LogP contribution is -2.52. The molecule has 0 aliphatic heterocycles. The van der Waals surface area contributed by atoms with Crippen LogP contribution in [0.5, 0.6) is 5.75 Å². The van der Waals surface area contributed by atoms with E-state index in [1.165, 1.54) is 11.1 Å². The lowest BCUT2D eigenvalue weighted by atomic mass is 9.50. The van der Waals surface area contributed by atoms with Crippen molar-refractivity contribution in [2.45, 2.75) is 51.4 Å². The number of ether oxygens (including phenoxy) is 1. The summed E-state index contributed by atoms with van der Waals surface area (Å²) >= 11 is 0. The Morgan fingerprint density at radius 1 is 1.33 bits per heavy atom. The number of carbonyl (C=O) groups is 1. The first kappa shape index (κ1) is 14.4. The van der Waals surface area contributed by atoms with Crippen LogP contribution in [-0.2, 0) is 16.6 Å². The molecule has 21 heavy (non-hydrogen) atoms. The summed E-state index contributed by atoms with van der Waals surface area (Å²) in [6.45, 7) is 4.21. The van der Waals surface area contributed by atoms with E-state index in [4.69, 9.17) is 4.74 Å². The molecule has 1 fully saturated rings. The fourth-order valence-corrected chi connectivity index (χ4v) is 4.82. The standard InChI is InChI=1S/C18H24O3/c1-17-9-4-10-18(2,16(19)20)15(17)8-6-12-5-7-13(21-3)11-14(12)17/h5,7,11,15H,4,6,8-10H2,1-3H3,(H,19,20)/t15-,17+,18-/m1/s1. The van der Waals surface area contributed by atoms with Crippen molar-refractivity contribution in [3.05, 3.63) is 29.3 Å². The van der Waals surface area contributed by atoms with Crippen molar-refractivity contribution in [3.8, 4) is 5.75 Å². The smallest absolute Gasteiger partial charge is 0.309 e. The van der Waals surface area contributed by atoms with Crippen molar-refractivity contribution in [1.82, 2.24) is 0 Å². The zero-order valence-corrected chi connectivity index (χ0v) is 13.1. The molecule has 0 unspecified atom stereocenters. The molecule has 114 valence electrons. The Labute approximate surface area is 126 Å². The van der Waals surface area contributed by atoms with E-state index in [0.29, 0.717) is 0 Å². The van der Waals surface area contributed by atoms with Crippen molar-refractivity contribution in [1.29, 1.82) is 0 Å². The molecule has 3 heteroatoms. The van der Waals surface area contributed by atoms with E-state index in [1.807, 2.05) is 13.0 Å². The van der Waals surface area contributed by atoms with Crippen LogP contribution >= 0.6 is 0 Å². The van der Waals surface area contributed by atoms with Gasteiger partial charge in [-0.05, 0) is 67.2 Å². The number of aryl methyl sites for hydroxylation is 1. The van der Waals surface area contributed by atoms with Gasteiger partial charge in [0.25, 0.3) is 0 Å². The highest BCUT2D eigenvalue weighted by Crippen LogP contribution is 2.57. The van der Waals surface area contributed by atoms with Crippen LogP contribution in [0.25, 0.3) is 0 Å². The number of methoxy groups -OCH3 is 1. The molecule has 1 aromatic rings. The van der Waals surface area contributed by atoms with Gasteiger partial charge in [0.1, 0.15) is 5.75 Å². The Kier molecular flexibility index (Phi) is 3.27. The predicted octanol–water partition coefficient (Wildman–Crippen LogP) is 3.79. The van der Waals surface area contributed by atoms with Crippen LogP contribution < -0.4 is 4.74 Å². The normalized spacial score (nSPS) is 34.7. The van der Waals surface area contributed by atoms with Gasteiger partial charge >= 0.3 is 5.97 Å². The highest BCUT2D eigenvalue weighted by Gasteiger charge is 2.55. The predicted molar refractivity (Wildman–Crippen MR) is 81.8 cm³/mol. The molecular weight excluding hydrogens is 264 g/mol. The van der Waals surface area contributed by atoms with Gasteiger partial charge in [0, 0.05) is 0 Å². The van der Waals surface area contributed by atoms with Gasteiger partial charge in [-0.15, -0.1) is 0 Å². The molecule has 0 amide bonds. The van der Waals surface area contributed by atoms with Crippen LogP contribution in [0.15, 0.2) is 18.2 Å². The average molecular weight is 288 g/mol. The first-order valence-corrected chi connectivity index (χ1v) is 7.82. The summed E-state index contributed by atoms with van der Waals surface area (Å²) in [5.74, 6) is 0.443. The molecular formula is C18H24O3. The first-order chi connectivity index (χ1) is 9.91. The van der Waals surface area contributed by atoms with Crippen LogP contribution in [0.4, 0.5) is 0 Å². The molecule has 1 N–H and O–H groups in total. The Balaban J connectivity index is 2.12. The van der Waals surface area contributed by atoms with Gasteiger partial charge in [-0.3, -0.25) is 4.79 Å². The van der Waals surface area contributed by atoms with Crippen molar-refractivity contribution >= 4 is 5.97 Å². The summed E-state index contributed by atoms with van der Waals surface area (Å²) in [6, 6.07) is 6.30. The van der Waals surface area contributed by atoms with Gasteiger partial charge < -0.3 is 9.84 Å². The Morgan fingerprint density at radius 3 is 2.76 bits per heavy atom. The zero-order valence-electron chi connectivity index (χ0n) is 13.1. The second-order valence-corrected chi connectivity index (χ2v) is 7.11. The maximum atomic E-state index is 11.9. The van der Waals surface area contributed by atoms with Crippen LogP contribution in [0.3, 0.4) is 0 Å². The van der Waals surface area contributed by atoms with Crippen LogP contribution in [0, 0.1) is 11.3 Å². The van der Waals surface area contributed by atoms with Crippen LogP contribution in [0.2, 0.25) is 0 Å². The number of carboxylic acids is 1. The summed E-state index contributed by atoms with van der Waals surface area (Å²) in [5, 5.41) is 9.77. The third kappa shape index (κ3) is 1.97. The topological polar surface area (TPSA) is 46.5 Å². The minimum atomic E-state index is -0.634. The molecule has 0 aromatic heterocycles. The van der Waals surface area contributed by atoms with Gasteiger partial charge in [0.05, 0.1) is 12.5 Å². The van der Waals surface area contributed by atoms with Crippen molar-refractivity contribution in [2.75, 3.05) is 7.11 Å². The van der Waals surface area contributed by atoms with Gasteiger partial charge in [0.2, 0.25) is 0 Å². The third-order valence-electron chi connectivity index (χ3n) is 6.05. The minimum Gasteiger partial charge on any atom is -0.497 e. The fraction of sp³-hybridized carbons (Fsp3) is 0.611. The Bertz CT molecular complexity index is 580. The molecule has 2 aliphatic rings. The number of carboxylic acid groups (broad SMARTS) is 1. The monoisotopic (exact) mass is 288 g/mol. The fourth-order valence-electron chi connectivity index (χ4n) is 4.82. The number of rotatable bonds is 2. The Hall–Kier alpha value is -1.51. The Morgan fingerprint density at radius 2 is 2.10 bits per heavy atom. The van der Waals surface area contributed by atoms with Gasteiger partial charge in [0.15, 0.2) is 0 Å². The second-order valence-electron chi connectivity index (χ2n) is 7.11. The van der Waals surface area contributed by atoms with E-state index in [2.05, 4.69) is 19.1 Å². The lowest BCUT2D eigenvalue weighted by Gasteiger charge is -2.53. The summed E-state index contributed by atoms with van der Waals surface area (Å²) in [4.78, 5) is 11.9. The summed E-state index contributed by atoms with van der Waals surface area (Å²) in [6.07, 6.45) is 4.79. The number of aliphatic carboxylic acids is 1. The van der Waals surface area contributed by atoms with Gasteiger partial charge in [-0.25, -0.2) is 0 Å². The second kappa shape index (κ2) is 4.75. The number of benzene rings is 1. The average Bonchev–Trinajstić information content (AvgIpc) is 2.46. The minimum absolute atomic E-state index is 0.0481. The van der Waals surface area contributed by atoms with E-state index in [1.54, 1.807) is 7.11 Å². The van der Waals surface area contributed by atoms with Gasteiger partial charge in [-0.2, -0.15) is 0 Å².